The van der Waals surface area contributed by atoms with E-state index in [2.05, 4.69) is 20.9 Å². The van der Waals surface area contributed by atoms with Crippen molar-refractivity contribution >= 4 is 37.5 Å². The van der Waals surface area contributed by atoms with Crippen molar-refractivity contribution in [2.24, 2.45) is 0 Å². The van der Waals surface area contributed by atoms with Crippen LogP contribution in [-0.4, -0.2) is 22.8 Å². The average molecular weight is 304 g/mol. The van der Waals surface area contributed by atoms with Gasteiger partial charge in [-0.1, -0.05) is 0 Å². The summed E-state index contributed by atoms with van der Waals surface area (Å²) in [5.74, 6) is -0.140. The first kappa shape index (κ1) is 10.4. The minimum atomic E-state index is -0.406. The van der Waals surface area contributed by atoms with Gasteiger partial charge >= 0.3 is 0 Å². The van der Waals surface area contributed by atoms with E-state index in [0.717, 1.165) is 14.2 Å². The van der Waals surface area contributed by atoms with Crippen LogP contribution in [0, 0.1) is 5.82 Å². The summed E-state index contributed by atoms with van der Waals surface area (Å²) in [6.07, 6.45) is 0.199. The molecule has 0 spiro atoms. The molecule has 16 heavy (non-hydrogen) atoms. The summed E-state index contributed by atoms with van der Waals surface area (Å²) < 4.78 is 20.7. The number of benzene rings is 1. The topological polar surface area (TPSA) is 42.4 Å². The fourth-order valence-corrected chi connectivity index (χ4v) is 3.40. The van der Waals surface area contributed by atoms with Crippen LogP contribution < -0.4 is 4.74 Å². The molecule has 3 rings (SSSR count). The quantitative estimate of drug-likeness (QED) is 0.880. The third-order valence-electron chi connectivity index (χ3n) is 2.58. The molecule has 2 heterocycles. The van der Waals surface area contributed by atoms with E-state index < -0.39 is 5.82 Å². The van der Waals surface area contributed by atoms with Crippen molar-refractivity contribution in [2.75, 3.05) is 6.61 Å². The van der Waals surface area contributed by atoms with Gasteiger partial charge < -0.3 is 9.84 Å². The van der Waals surface area contributed by atoms with E-state index in [1.54, 1.807) is 0 Å². The van der Waals surface area contributed by atoms with Crippen molar-refractivity contribution in [3.05, 3.63) is 21.4 Å². The summed E-state index contributed by atoms with van der Waals surface area (Å²) in [7, 11) is 0. The number of fused-ring (bicyclic) bond motifs is 3. The molecule has 0 fully saturated rings. The van der Waals surface area contributed by atoms with E-state index in [1.807, 2.05) is 0 Å². The lowest BCUT2D eigenvalue weighted by molar-refractivity contribution is 0.131. The average Bonchev–Trinajstić information content (AvgIpc) is 2.80. The number of rotatable bonds is 1. The van der Waals surface area contributed by atoms with Gasteiger partial charge in [-0.05, 0) is 15.9 Å². The second-order valence-electron chi connectivity index (χ2n) is 3.61. The molecule has 3 nitrogen and oxygen atoms in total. The second kappa shape index (κ2) is 3.65. The SMILES string of the molecule is OC[C@@H]1Cc2c(c(F)cc3nc(Br)sc23)O1. The molecule has 0 amide bonds. The third-order valence-corrected chi connectivity index (χ3v) is 4.16. The highest BCUT2D eigenvalue weighted by Crippen LogP contribution is 2.40. The number of ether oxygens (including phenoxy) is 1. The van der Waals surface area contributed by atoms with Crippen molar-refractivity contribution in [3.8, 4) is 5.75 Å². The minimum Gasteiger partial charge on any atom is -0.484 e. The highest BCUT2D eigenvalue weighted by atomic mass is 79.9. The number of hydrogen-bond donors (Lipinski definition) is 1. The van der Waals surface area contributed by atoms with Crippen LogP contribution in [0.1, 0.15) is 5.56 Å². The Balaban J connectivity index is 2.26. The molecule has 1 aliphatic heterocycles. The monoisotopic (exact) mass is 303 g/mol. The van der Waals surface area contributed by atoms with E-state index in [-0.39, 0.29) is 18.5 Å². The summed E-state index contributed by atoms with van der Waals surface area (Å²) in [4.78, 5) is 4.18. The molecule has 2 aromatic rings. The third kappa shape index (κ3) is 1.44. The van der Waals surface area contributed by atoms with E-state index in [1.165, 1.54) is 17.4 Å². The predicted octanol–water partition coefficient (Wildman–Crippen LogP) is 2.49. The number of aromatic nitrogens is 1. The van der Waals surface area contributed by atoms with Crippen LogP contribution in [0.25, 0.3) is 10.2 Å². The van der Waals surface area contributed by atoms with Crippen molar-refractivity contribution in [2.45, 2.75) is 12.5 Å². The standard InChI is InChI=1S/C10H7BrFNO2S/c11-10-13-7-2-6(12)8-5(9(7)16-10)1-4(3-14)15-8/h2,4,14H,1,3H2/t4-/m0/s1. The summed E-state index contributed by atoms with van der Waals surface area (Å²) in [6, 6.07) is 1.37. The zero-order chi connectivity index (χ0) is 11.3. The number of hydrogen-bond acceptors (Lipinski definition) is 4. The van der Waals surface area contributed by atoms with Crippen LogP contribution in [0.5, 0.6) is 5.75 Å². The predicted molar refractivity (Wildman–Crippen MR) is 62.5 cm³/mol. The van der Waals surface area contributed by atoms with Gasteiger partial charge in [0.2, 0.25) is 0 Å². The molecule has 0 aliphatic carbocycles. The van der Waals surface area contributed by atoms with E-state index in [0.29, 0.717) is 11.9 Å². The van der Waals surface area contributed by atoms with Crippen LogP contribution in [-0.2, 0) is 6.42 Å². The number of halogens is 2. The number of thiazole rings is 1. The maximum atomic E-state index is 13.7. The van der Waals surface area contributed by atoms with E-state index in [4.69, 9.17) is 9.84 Å². The Morgan fingerprint density at radius 3 is 3.25 bits per heavy atom. The normalized spacial score (nSPS) is 18.8. The molecular weight excluding hydrogens is 297 g/mol. The van der Waals surface area contributed by atoms with Gasteiger partial charge in [0.05, 0.1) is 16.8 Å². The van der Waals surface area contributed by atoms with Gasteiger partial charge in [0.1, 0.15) is 6.10 Å². The van der Waals surface area contributed by atoms with Crippen LogP contribution in [0.2, 0.25) is 0 Å². The first-order chi connectivity index (χ1) is 7.69. The largest absolute Gasteiger partial charge is 0.484 e. The van der Waals surface area contributed by atoms with Gasteiger partial charge in [-0.3, -0.25) is 0 Å². The van der Waals surface area contributed by atoms with Crippen molar-refractivity contribution in [1.82, 2.24) is 4.98 Å². The van der Waals surface area contributed by atoms with E-state index >= 15 is 0 Å². The van der Waals surface area contributed by atoms with Crippen LogP contribution >= 0.6 is 27.3 Å². The van der Waals surface area contributed by atoms with Gasteiger partial charge in [-0.25, -0.2) is 9.37 Å². The molecule has 1 aromatic heterocycles. The number of aliphatic hydroxyl groups excluding tert-OH is 1. The Morgan fingerprint density at radius 2 is 2.50 bits per heavy atom. The van der Waals surface area contributed by atoms with Gasteiger partial charge in [0, 0.05) is 18.1 Å². The summed E-state index contributed by atoms with van der Waals surface area (Å²) in [5, 5.41) is 9.04. The van der Waals surface area contributed by atoms with Crippen LogP contribution in [0.4, 0.5) is 4.39 Å². The fourth-order valence-electron chi connectivity index (χ4n) is 1.90. The molecule has 1 N–H and O–H groups in total. The molecule has 1 aromatic carbocycles. The number of nitrogens with zero attached hydrogens (tertiary/aromatic N) is 1. The molecule has 0 saturated heterocycles. The number of aliphatic hydroxyl groups is 1. The minimum absolute atomic E-state index is 0.102. The highest BCUT2D eigenvalue weighted by molar-refractivity contribution is 9.11. The van der Waals surface area contributed by atoms with Gasteiger partial charge in [0.25, 0.3) is 0 Å². The zero-order valence-electron chi connectivity index (χ0n) is 8.04. The molecule has 6 heteroatoms. The van der Waals surface area contributed by atoms with Crippen LogP contribution in [0.3, 0.4) is 0 Å². The molecule has 84 valence electrons. The van der Waals surface area contributed by atoms with Crippen molar-refractivity contribution in [3.63, 3.8) is 0 Å². The Labute approximate surface area is 103 Å². The molecule has 0 saturated carbocycles. The molecular formula is C10H7BrFNO2S. The smallest absolute Gasteiger partial charge is 0.167 e. The summed E-state index contributed by atoms with van der Waals surface area (Å²) in [5.41, 5.74) is 1.45. The van der Waals surface area contributed by atoms with Crippen LogP contribution in [0.15, 0.2) is 9.98 Å². The fraction of sp³-hybridized carbons (Fsp3) is 0.300. The molecule has 1 atom stereocenters. The molecule has 0 radical (unpaired) electrons. The molecule has 0 unspecified atom stereocenters. The lowest BCUT2D eigenvalue weighted by atomic mass is 10.1. The van der Waals surface area contributed by atoms with Crippen molar-refractivity contribution in [1.29, 1.82) is 0 Å². The Bertz CT molecular complexity index is 571. The Morgan fingerprint density at radius 1 is 1.69 bits per heavy atom. The molecule has 0 bridgehead atoms. The van der Waals surface area contributed by atoms with Gasteiger partial charge in [-0.2, -0.15) is 0 Å². The maximum absolute atomic E-state index is 13.7. The highest BCUT2D eigenvalue weighted by Gasteiger charge is 2.28. The van der Waals surface area contributed by atoms with Gasteiger partial charge in [-0.15, -0.1) is 11.3 Å². The maximum Gasteiger partial charge on any atom is 0.167 e. The van der Waals surface area contributed by atoms with Gasteiger partial charge in [0.15, 0.2) is 15.5 Å². The van der Waals surface area contributed by atoms with E-state index in [9.17, 15) is 4.39 Å². The summed E-state index contributed by atoms with van der Waals surface area (Å²) in [6.45, 7) is -0.102. The first-order valence-electron chi connectivity index (χ1n) is 4.74. The molecule has 1 aliphatic rings. The Kier molecular flexibility index (Phi) is 2.38. The second-order valence-corrected chi connectivity index (χ2v) is 5.88. The lowest BCUT2D eigenvalue weighted by Crippen LogP contribution is -2.17. The summed E-state index contributed by atoms with van der Waals surface area (Å²) >= 11 is 4.74. The van der Waals surface area contributed by atoms with Crippen molar-refractivity contribution < 1.29 is 14.2 Å². The Hall–Kier alpha value is -0.720. The lowest BCUT2D eigenvalue weighted by Gasteiger charge is -2.05. The first-order valence-corrected chi connectivity index (χ1v) is 6.35. The zero-order valence-corrected chi connectivity index (χ0v) is 10.4.